The van der Waals surface area contributed by atoms with Gasteiger partial charge in [0.05, 0.1) is 0 Å². The van der Waals surface area contributed by atoms with Crippen LogP contribution in [0.2, 0.25) is 0 Å². The number of piperazine rings is 1. The molecule has 0 bridgehead atoms. The molecule has 0 aliphatic carbocycles. The highest BCUT2D eigenvalue weighted by atomic mass is 19.1. The third-order valence-electron chi connectivity index (χ3n) is 4.76. The predicted octanol–water partition coefficient (Wildman–Crippen LogP) is 4.48. The molecule has 2 aromatic rings. The molecule has 26 heavy (non-hydrogen) atoms. The van der Waals surface area contributed by atoms with Crippen LogP contribution in [0.25, 0.3) is 0 Å². The van der Waals surface area contributed by atoms with Gasteiger partial charge in [0.15, 0.2) is 0 Å². The van der Waals surface area contributed by atoms with Crippen LogP contribution in [0, 0.1) is 5.82 Å². The Balaban J connectivity index is 1.55. The van der Waals surface area contributed by atoms with E-state index < -0.39 is 0 Å². The highest BCUT2D eigenvalue weighted by Gasteiger charge is 2.22. The maximum absolute atomic E-state index is 12.9. The number of anilines is 2. The Morgan fingerprint density at radius 2 is 1.50 bits per heavy atom. The van der Waals surface area contributed by atoms with Gasteiger partial charge in [-0.25, -0.2) is 9.18 Å². The van der Waals surface area contributed by atoms with E-state index >= 15 is 0 Å². The zero-order valence-corrected chi connectivity index (χ0v) is 15.6. The van der Waals surface area contributed by atoms with Crippen LogP contribution in [0.15, 0.2) is 48.5 Å². The fraction of sp³-hybridized carbons (Fsp3) is 0.381. The van der Waals surface area contributed by atoms with Crippen LogP contribution < -0.4 is 10.2 Å². The molecule has 1 fully saturated rings. The maximum Gasteiger partial charge on any atom is 0.321 e. The normalized spacial score (nSPS) is 15.1. The third-order valence-corrected chi connectivity index (χ3v) is 4.76. The summed E-state index contributed by atoms with van der Waals surface area (Å²) in [6, 6.07) is 14.4. The second-order valence-electron chi connectivity index (χ2n) is 7.71. The lowest BCUT2D eigenvalue weighted by Gasteiger charge is -2.36. The Labute approximate surface area is 154 Å². The van der Waals surface area contributed by atoms with Gasteiger partial charge in [0.1, 0.15) is 5.82 Å². The van der Waals surface area contributed by atoms with Gasteiger partial charge in [0.25, 0.3) is 0 Å². The number of carbonyl (C=O) groups is 1. The van der Waals surface area contributed by atoms with Crippen LogP contribution in [0.4, 0.5) is 20.6 Å². The van der Waals surface area contributed by atoms with E-state index in [2.05, 4.69) is 55.3 Å². The fourth-order valence-corrected chi connectivity index (χ4v) is 3.08. The van der Waals surface area contributed by atoms with Crippen molar-refractivity contribution in [3.63, 3.8) is 0 Å². The summed E-state index contributed by atoms with van der Waals surface area (Å²) in [6.45, 7) is 9.54. The summed E-state index contributed by atoms with van der Waals surface area (Å²) >= 11 is 0. The van der Waals surface area contributed by atoms with Crippen LogP contribution in [0.1, 0.15) is 26.3 Å². The Kier molecular flexibility index (Phi) is 5.16. The SMILES string of the molecule is CC(C)(C)c1ccc(N2CCN(C(=O)Nc3ccc(F)cc3)CC2)cc1. The summed E-state index contributed by atoms with van der Waals surface area (Å²) in [5.41, 5.74) is 3.27. The van der Waals surface area contributed by atoms with E-state index in [0.717, 1.165) is 13.1 Å². The number of rotatable bonds is 2. The summed E-state index contributed by atoms with van der Waals surface area (Å²) in [7, 11) is 0. The molecular weight excluding hydrogens is 329 g/mol. The van der Waals surface area contributed by atoms with Gasteiger partial charge in [-0.3, -0.25) is 0 Å². The van der Waals surface area contributed by atoms with Crippen LogP contribution in [-0.4, -0.2) is 37.1 Å². The zero-order chi connectivity index (χ0) is 18.7. The van der Waals surface area contributed by atoms with Gasteiger partial charge in [-0.2, -0.15) is 0 Å². The molecule has 1 aliphatic rings. The topological polar surface area (TPSA) is 35.6 Å². The molecule has 0 saturated carbocycles. The molecule has 1 aliphatic heterocycles. The van der Waals surface area contributed by atoms with E-state index in [1.165, 1.54) is 23.4 Å². The standard InChI is InChI=1S/C21H26FN3O/c1-21(2,3)16-4-10-19(11-5-16)24-12-14-25(15-13-24)20(26)23-18-8-6-17(22)7-9-18/h4-11H,12-15H2,1-3H3,(H,23,26). The van der Waals surface area contributed by atoms with Gasteiger partial charge in [-0.1, -0.05) is 32.9 Å². The van der Waals surface area contributed by atoms with E-state index in [9.17, 15) is 9.18 Å². The van der Waals surface area contributed by atoms with Crippen molar-refractivity contribution in [2.75, 3.05) is 36.4 Å². The first-order chi connectivity index (χ1) is 12.3. The average Bonchev–Trinajstić information content (AvgIpc) is 2.63. The van der Waals surface area contributed by atoms with Crippen molar-refractivity contribution in [2.45, 2.75) is 26.2 Å². The molecule has 2 aromatic carbocycles. The maximum atomic E-state index is 12.9. The van der Waals surface area contributed by atoms with Gasteiger partial charge in [-0.15, -0.1) is 0 Å². The molecule has 3 rings (SSSR count). The Morgan fingerprint density at radius 3 is 2.04 bits per heavy atom. The number of urea groups is 1. The van der Waals surface area contributed by atoms with Crippen molar-refractivity contribution in [3.05, 3.63) is 59.9 Å². The number of halogens is 1. The van der Waals surface area contributed by atoms with Crippen molar-refractivity contribution < 1.29 is 9.18 Å². The van der Waals surface area contributed by atoms with Gasteiger partial charge >= 0.3 is 6.03 Å². The molecule has 0 unspecified atom stereocenters. The molecule has 0 radical (unpaired) electrons. The Hall–Kier alpha value is -2.56. The molecule has 1 heterocycles. The fourth-order valence-electron chi connectivity index (χ4n) is 3.08. The molecule has 0 atom stereocenters. The zero-order valence-electron chi connectivity index (χ0n) is 15.6. The lowest BCUT2D eigenvalue weighted by Crippen LogP contribution is -2.50. The minimum atomic E-state index is -0.311. The summed E-state index contributed by atoms with van der Waals surface area (Å²) in [4.78, 5) is 16.4. The Morgan fingerprint density at radius 1 is 0.923 bits per heavy atom. The number of hydrogen-bond donors (Lipinski definition) is 1. The molecule has 0 aromatic heterocycles. The van der Waals surface area contributed by atoms with Crippen molar-refractivity contribution in [3.8, 4) is 0 Å². The number of nitrogens with one attached hydrogen (secondary N) is 1. The van der Waals surface area contributed by atoms with E-state index in [0.29, 0.717) is 18.8 Å². The van der Waals surface area contributed by atoms with E-state index in [1.54, 1.807) is 17.0 Å². The quantitative estimate of drug-likeness (QED) is 0.862. The lowest BCUT2D eigenvalue weighted by atomic mass is 9.87. The van der Waals surface area contributed by atoms with Crippen LogP contribution >= 0.6 is 0 Å². The first kappa shape index (κ1) is 18.2. The summed E-state index contributed by atoms with van der Waals surface area (Å²) in [5.74, 6) is -0.311. The van der Waals surface area contributed by atoms with Crippen LogP contribution in [-0.2, 0) is 5.41 Å². The molecule has 0 spiro atoms. The van der Waals surface area contributed by atoms with E-state index in [4.69, 9.17) is 0 Å². The molecule has 4 nitrogen and oxygen atoms in total. The minimum Gasteiger partial charge on any atom is -0.368 e. The second kappa shape index (κ2) is 7.36. The van der Waals surface area contributed by atoms with E-state index in [1.807, 2.05) is 0 Å². The van der Waals surface area contributed by atoms with Crippen molar-refractivity contribution in [1.29, 1.82) is 0 Å². The summed E-state index contributed by atoms with van der Waals surface area (Å²) < 4.78 is 12.9. The third kappa shape index (κ3) is 4.34. The van der Waals surface area contributed by atoms with Crippen molar-refractivity contribution in [1.82, 2.24) is 4.90 Å². The number of benzene rings is 2. The molecule has 1 N–H and O–H groups in total. The molecule has 1 saturated heterocycles. The van der Waals surface area contributed by atoms with Gasteiger partial charge < -0.3 is 15.1 Å². The number of nitrogens with zero attached hydrogens (tertiary/aromatic N) is 2. The second-order valence-corrected chi connectivity index (χ2v) is 7.71. The molecule has 138 valence electrons. The van der Waals surface area contributed by atoms with Gasteiger partial charge in [-0.05, 0) is 47.4 Å². The van der Waals surface area contributed by atoms with Gasteiger partial charge in [0.2, 0.25) is 0 Å². The lowest BCUT2D eigenvalue weighted by molar-refractivity contribution is 0.208. The first-order valence-electron chi connectivity index (χ1n) is 9.00. The summed E-state index contributed by atoms with van der Waals surface area (Å²) in [6.07, 6.45) is 0. The first-order valence-corrected chi connectivity index (χ1v) is 9.00. The highest BCUT2D eigenvalue weighted by Crippen LogP contribution is 2.25. The Bertz CT molecular complexity index is 742. The summed E-state index contributed by atoms with van der Waals surface area (Å²) in [5, 5.41) is 2.82. The molecule has 5 heteroatoms. The van der Waals surface area contributed by atoms with E-state index in [-0.39, 0.29) is 17.3 Å². The van der Waals surface area contributed by atoms with Crippen LogP contribution in [0.5, 0.6) is 0 Å². The van der Waals surface area contributed by atoms with Crippen molar-refractivity contribution >= 4 is 17.4 Å². The van der Waals surface area contributed by atoms with Crippen LogP contribution in [0.3, 0.4) is 0 Å². The largest absolute Gasteiger partial charge is 0.368 e. The average molecular weight is 355 g/mol. The number of hydrogen-bond acceptors (Lipinski definition) is 2. The minimum absolute atomic E-state index is 0.140. The van der Waals surface area contributed by atoms with Gasteiger partial charge in [0, 0.05) is 37.6 Å². The van der Waals surface area contributed by atoms with Crippen molar-refractivity contribution in [2.24, 2.45) is 0 Å². The molecule has 2 amide bonds. The number of amides is 2. The smallest absolute Gasteiger partial charge is 0.321 e. The predicted molar refractivity (Wildman–Crippen MR) is 104 cm³/mol. The monoisotopic (exact) mass is 355 g/mol. The number of carbonyl (C=O) groups excluding carboxylic acids is 1. The molecular formula is C21H26FN3O. The highest BCUT2D eigenvalue weighted by molar-refractivity contribution is 5.89.